The maximum Gasteiger partial charge on any atom is 0.666 e. The highest BCUT2D eigenvalue weighted by molar-refractivity contribution is 6.06. The van der Waals surface area contributed by atoms with Gasteiger partial charge in [-0.2, -0.15) is 0 Å². The van der Waals surface area contributed by atoms with E-state index in [4.69, 9.17) is 0 Å². The molecule has 1 aliphatic carbocycles. The van der Waals surface area contributed by atoms with E-state index in [0.717, 1.165) is 12.8 Å². The Morgan fingerprint density at radius 3 is 2.42 bits per heavy atom. The van der Waals surface area contributed by atoms with Crippen LogP contribution in [-0.2, 0) is 16.3 Å². The number of nitrogens with zero attached hydrogens (tertiary/aromatic N) is 1. The third-order valence-electron chi connectivity index (χ3n) is 6.89. The van der Waals surface area contributed by atoms with Gasteiger partial charge >= 0.3 is 9.57 Å². The zero-order valence-electron chi connectivity index (χ0n) is 16.7. The van der Waals surface area contributed by atoms with Gasteiger partial charge in [0.15, 0.2) is 0 Å². The van der Waals surface area contributed by atoms with E-state index in [0.29, 0.717) is 4.15 Å². The van der Waals surface area contributed by atoms with Gasteiger partial charge in [0, 0.05) is 11.8 Å². The summed E-state index contributed by atoms with van der Waals surface area (Å²) < 4.78 is 12.5. The van der Waals surface area contributed by atoms with E-state index in [2.05, 4.69) is 73.0 Å². The average Bonchev–Trinajstić information content (AvgIpc) is 2.72. The van der Waals surface area contributed by atoms with Gasteiger partial charge in [-0.25, -0.2) is 0 Å². The second-order valence-electron chi connectivity index (χ2n) is 9.44. The molecule has 133 valence electrons. The summed E-state index contributed by atoms with van der Waals surface area (Å²) in [5.74, 6) is 0. The van der Waals surface area contributed by atoms with Crippen LogP contribution < -0.4 is 0 Å². The van der Waals surface area contributed by atoms with Crippen molar-refractivity contribution in [3.63, 3.8) is 0 Å². The van der Waals surface area contributed by atoms with Gasteiger partial charge in [-0.15, -0.1) is 0 Å². The fourth-order valence-electron chi connectivity index (χ4n) is 4.59. The number of quaternary nitrogens is 1. The molecule has 0 fully saturated rings. The largest absolute Gasteiger partial charge is 0.666 e. The van der Waals surface area contributed by atoms with Gasteiger partial charge in [-0.3, -0.25) is 4.46 Å². The molecule has 0 aromatic heterocycles. The summed E-state index contributed by atoms with van der Waals surface area (Å²) in [6.45, 7) is 11.8. The molecule has 1 unspecified atom stereocenters. The lowest BCUT2D eigenvalue weighted by molar-refractivity contribution is -0.836. The average molecular weight is 346 g/mol. The van der Waals surface area contributed by atoms with Crippen molar-refractivity contribution in [2.24, 2.45) is 5.41 Å². The minimum absolute atomic E-state index is 0.0390. The first kappa shape index (κ1) is 19.5. The van der Waals surface area contributed by atoms with Crippen molar-refractivity contribution in [2.45, 2.75) is 77.7 Å². The maximum absolute atomic E-state index is 11.9. The van der Waals surface area contributed by atoms with Crippen molar-refractivity contribution in [1.29, 1.82) is 0 Å². The maximum atomic E-state index is 11.9. The van der Waals surface area contributed by atoms with Crippen LogP contribution in [0.15, 0.2) is 24.3 Å². The fourth-order valence-corrected chi connectivity index (χ4v) is 4.91. The molecule has 2 rings (SSSR count). The van der Waals surface area contributed by atoms with Crippen LogP contribution in [0.2, 0.25) is 0 Å². The molecular formula is C21H35NOSi+. The van der Waals surface area contributed by atoms with E-state index in [1.165, 1.54) is 24.8 Å². The first-order valence-corrected chi connectivity index (χ1v) is 10.2. The molecule has 1 atom stereocenters. The van der Waals surface area contributed by atoms with E-state index in [1.54, 1.807) is 5.56 Å². The summed E-state index contributed by atoms with van der Waals surface area (Å²) in [4.78, 5) is 0. The number of unbranched alkanes of at least 4 members (excludes halogenated alkanes) is 1. The molecule has 1 aromatic carbocycles. The Hall–Kier alpha value is -0.803. The third kappa shape index (κ3) is 3.06. The molecule has 1 aromatic rings. The minimum Gasteiger partial charge on any atom is -0.322 e. The SMILES string of the molecule is CCCCC1(CC(C)(C)[N+](C)(C)[Si]=O)c2ccccc2CC1(C)C. The van der Waals surface area contributed by atoms with E-state index in [-0.39, 0.29) is 25.9 Å². The lowest BCUT2D eigenvalue weighted by atomic mass is 9.58. The molecule has 2 nitrogen and oxygen atoms in total. The first-order valence-electron chi connectivity index (χ1n) is 9.35. The molecule has 0 aliphatic heterocycles. The van der Waals surface area contributed by atoms with Crippen LogP contribution in [0, 0.1) is 5.41 Å². The zero-order valence-corrected chi connectivity index (χ0v) is 17.7. The number of fused-ring (bicyclic) bond motifs is 1. The zero-order chi connectivity index (χ0) is 18.2. The molecule has 0 bridgehead atoms. The van der Waals surface area contributed by atoms with E-state index in [9.17, 15) is 4.46 Å². The Kier molecular flexibility index (Phi) is 5.28. The normalized spacial score (nSPS) is 23.1. The number of benzene rings is 1. The van der Waals surface area contributed by atoms with Gasteiger partial charge in [0.2, 0.25) is 0 Å². The minimum atomic E-state index is -0.330. The van der Waals surface area contributed by atoms with Crippen LogP contribution >= 0.6 is 0 Å². The molecule has 0 saturated heterocycles. The summed E-state index contributed by atoms with van der Waals surface area (Å²) in [6, 6.07) is 9.04. The first-order chi connectivity index (χ1) is 11.0. The van der Waals surface area contributed by atoms with Gasteiger partial charge in [0.25, 0.3) is 0 Å². The molecule has 1 aliphatic rings. The van der Waals surface area contributed by atoms with Crippen molar-refractivity contribution < 1.29 is 8.61 Å². The fraction of sp³-hybridized carbons (Fsp3) is 0.714. The second-order valence-corrected chi connectivity index (χ2v) is 10.7. The van der Waals surface area contributed by atoms with Crippen LogP contribution in [0.25, 0.3) is 0 Å². The summed E-state index contributed by atoms with van der Waals surface area (Å²) in [7, 11) is 3.88. The van der Waals surface area contributed by atoms with Gasteiger partial charge in [-0.05, 0) is 43.2 Å². The summed E-state index contributed by atoms with van der Waals surface area (Å²) in [6.07, 6.45) is 5.92. The Bertz CT molecular complexity index is 606. The van der Waals surface area contributed by atoms with Crippen molar-refractivity contribution in [3.8, 4) is 0 Å². The molecule has 0 N–H and O–H groups in total. The highest BCUT2D eigenvalue weighted by Crippen LogP contribution is 2.58. The van der Waals surface area contributed by atoms with Crippen molar-refractivity contribution in [2.75, 3.05) is 14.1 Å². The summed E-state index contributed by atoms with van der Waals surface area (Å²) >= 11 is 0. The summed E-state index contributed by atoms with van der Waals surface area (Å²) in [5, 5.41) is 0. The lowest BCUT2D eigenvalue weighted by Gasteiger charge is -2.51. The smallest absolute Gasteiger partial charge is 0.322 e. The predicted octanol–water partition coefficient (Wildman–Crippen LogP) is 4.91. The molecule has 1 radical (unpaired) electrons. The number of rotatable bonds is 7. The predicted molar refractivity (Wildman–Crippen MR) is 102 cm³/mol. The Balaban J connectivity index is 2.57. The molecule has 0 heterocycles. The van der Waals surface area contributed by atoms with Crippen molar-refractivity contribution >= 4 is 9.57 Å². The molecule has 0 spiro atoms. The van der Waals surface area contributed by atoms with Crippen molar-refractivity contribution in [1.82, 2.24) is 0 Å². The molecule has 0 saturated carbocycles. The quantitative estimate of drug-likeness (QED) is 0.642. The molecule has 0 amide bonds. The monoisotopic (exact) mass is 345 g/mol. The van der Waals surface area contributed by atoms with E-state index < -0.39 is 0 Å². The third-order valence-corrected chi connectivity index (χ3v) is 7.96. The van der Waals surface area contributed by atoms with Gasteiger partial charge in [0.05, 0.1) is 19.6 Å². The summed E-state index contributed by atoms with van der Waals surface area (Å²) in [5.41, 5.74) is 3.42. The molecule has 3 heteroatoms. The van der Waals surface area contributed by atoms with Crippen LogP contribution in [0.3, 0.4) is 0 Å². The number of hydrogen-bond acceptors (Lipinski definition) is 1. The topological polar surface area (TPSA) is 17.1 Å². The standard InChI is InChI=1S/C21H35NOSi/c1-8-9-14-21(16-20(4,5)22(6,7)24-23)18-13-11-10-12-17(18)15-19(21,2)3/h10-13H,8-9,14-16H2,1-7H3/q+1. The Morgan fingerprint density at radius 2 is 1.83 bits per heavy atom. The Morgan fingerprint density at radius 1 is 1.21 bits per heavy atom. The van der Waals surface area contributed by atoms with Crippen LogP contribution in [0.4, 0.5) is 0 Å². The van der Waals surface area contributed by atoms with E-state index >= 15 is 0 Å². The van der Waals surface area contributed by atoms with Crippen LogP contribution in [0.1, 0.15) is 71.4 Å². The van der Waals surface area contributed by atoms with Crippen molar-refractivity contribution in [3.05, 3.63) is 35.4 Å². The number of hydrogen-bond donors (Lipinski definition) is 0. The lowest BCUT2D eigenvalue weighted by Crippen LogP contribution is -2.60. The molecular weight excluding hydrogens is 310 g/mol. The van der Waals surface area contributed by atoms with Gasteiger partial charge < -0.3 is 4.15 Å². The Labute approximate surface area is 151 Å². The van der Waals surface area contributed by atoms with Gasteiger partial charge in [0.1, 0.15) is 0 Å². The van der Waals surface area contributed by atoms with Gasteiger partial charge in [-0.1, -0.05) is 57.9 Å². The highest BCUT2D eigenvalue weighted by Gasteiger charge is 2.56. The second kappa shape index (κ2) is 6.49. The highest BCUT2D eigenvalue weighted by atomic mass is 28.2. The molecule has 24 heavy (non-hydrogen) atoms. The van der Waals surface area contributed by atoms with Crippen LogP contribution in [0.5, 0.6) is 0 Å². The van der Waals surface area contributed by atoms with E-state index in [1.807, 2.05) is 0 Å². The van der Waals surface area contributed by atoms with Crippen LogP contribution in [-0.4, -0.2) is 33.4 Å².